The van der Waals surface area contributed by atoms with E-state index in [0.717, 1.165) is 5.75 Å². The average Bonchev–Trinajstić information content (AvgIpc) is 2.24. The molecule has 0 aromatic heterocycles. The fourth-order valence-corrected chi connectivity index (χ4v) is 3.50. The minimum absolute atomic E-state index is 0.142. The number of hydrogen-bond acceptors (Lipinski definition) is 2. The van der Waals surface area contributed by atoms with Gasteiger partial charge in [-0.3, -0.25) is 4.79 Å². The van der Waals surface area contributed by atoms with Crippen molar-refractivity contribution in [2.24, 2.45) is 0 Å². The molecule has 0 spiro atoms. The molecule has 0 saturated carbocycles. The molecule has 1 aromatic rings. The molecule has 0 aliphatic carbocycles. The normalized spacial score (nSPS) is 12.3. The van der Waals surface area contributed by atoms with Crippen LogP contribution in [0.4, 0.5) is 4.79 Å². The molecule has 0 aliphatic rings. The predicted octanol–water partition coefficient (Wildman–Crippen LogP) is 4.94. The zero-order chi connectivity index (χ0) is 14.7. The lowest BCUT2D eigenvalue weighted by Gasteiger charge is -2.45. The topological polar surface area (TPSA) is 20.3 Å². The maximum absolute atomic E-state index is 12.5. The van der Waals surface area contributed by atoms with Crippen LogP contribution in [-0.2, 0) is 5.75 Å². The molecule has 0 atom stereocenters. The SMILES string of the molecule is CC(C)(C)N(C(=O)SCc1ccccc1)C(C)(C)C. The van der Waals surface area contributed by atoms with E-state index >= 15 is 0 Å². The molecule has 19 heavy (non-hydrogen) atoms. The highest BCUT2D eigenvalue weighted by Gasteiger charge is 2.35. The van der Waals surface area contributed by atoms with Crippen molar-refractivity contribution in [2.75, 3.05) is 0 Å². The summed E-state index contributed by atoms with van der Waals surface area (Å²) in [6.45, 7) is 12.5. The Hall–Kier alpha value is -0.960. The summed E-state index contributed by atoms with van der Waals surface area (Å²) in [6, 6.07) is 10.1. The summed E-state index contributed by atoms with van der Waals surface area (Å²) in [6.07, 6.45) is 0. The molecule has 0 radical (unpaired) electrons. The maximum atomic E-state index is 12.5. The Labute approximate surface area is 121 Å². The van der Waals surface area contributed by atoms with Gasteiger partial charge in [-0.1, -0.05) is 42.1 Å². The second-order valence-corrected chi connectivity index (χ2v) is 7.64. The van der Waals surface area contributed by atoms with E-state index in [2.05, 4.69) is 53.7 Å². The van der Waals surface area contributed by atoms with Crippen LogP contribution in [0.15, 0.2) is 30.3 Å². The van der Waals surface area contributed by atoms with Crippen LogP contribution in [0.3, 0.4) is 0 Å². The van der Waals surface area contributed by atoms with Gasteiger partial charge in [0.05, 0.1) is 0 Å². The van der Waals surface area contributed by atoms with Gasteiger partial charge in [0.25, 0.3) is 5.24 Å². The summed E-state index contributed by atoms with van der Waals surface area (Å²) in [7, 11) is 0. The zero-order valence-corrected chi connectivity index (χ0v) is 13.7. The van der Waals surface area contributed by atoms with Gasteiger partial charge in [0.2, 0.25) is 0 Å². The van der Waals surface area contributed by atoms with Crippen LogP contribution < -0.4 is 0 Å². The summed E-state index contributed by atoms with van der Waals surface area (Å²) in [4.78, 5) is 14.5. The van der Waals surface area contributed by atoms with Gasteiger partial charge in [0, 0.05) is 16.8 Å². The number of carbonyl (C=O) groups is 1. The Morgan fingerprint density at radius 2 is 1.47 bits per heavy atom. The van der Waals surface area contributed by atoms with Crippen molar-refractivity contribution >= 4 is 17.0 Å². The smallest absolute Gasteiger partial charge is 0.282 e. The third kappa shape index (κ3) is 4.90. The minimum Gasteiger partial charge on any atom is -0.324 e. The first kappa shape index (κ1) is 16.1. The molecule has 1 rings (SSSR count). The number of amides is 1. The van der Waals surface area contributed by atoms with Crippen molar-refractivity contribution < 1.29 is 4.79 Å². The fourth-order valence-electron chi connectivity index (χ4n) is 2.34. The second-order valence-electron chi connectivity index (χ2n) is 6.72. The molecule has 0 bridgehead atoms. The number of thioether (sulfide) groups is 1. The van der Waals surface area contributed by atoms with E-state index in [9.17, 15) is 4.79 Å². The van der Waals surface area contributed by atoms with Gasteiger partial charge in [-0.05, 0) is 47.1 Å². The molecule has 0 saturated heterocycles. The number of carbonyl (C=O) groups excluding carboxylic acids is 1. The summed E-state index contributed by atoms with van der Waals surface area (Å²) in [5, 5.41) is 0.142. The highest BCUT2D eigenvalue weighted by atomic mass is 32.2. The Balaban J connectivity index is 2.74. The first-order valence-electron chi connectivity index (χ1n) is 6.63. The van der Waals surface area contributed by atoms with Crippen LogP contribution >= 0.6 is 11.8 Å². The van der Waals surface area contributed by atoms with Gasteiger partial charge in [-0.25, -0.2) is 0 Å². The van der Waals surface area contributed by atoms with Crippen molar-refractivity contribution in [3.8, 4) is 0 Å². The Bertz CT molecular complexity index is 401. The Morgan fingerprint density at radius 3 is 1.89 bits per heavy atom. The first-order valence-corrected chi connectivity index (χ1v) is 7.62. The summed E-state index contributed by atoms with van der Waals surface area (Å²) in [5.41, 5.74) is 0.849. The number of hydrogen-bond donors (Lipinski definition) is 0. The number of rotatable bonds is 2. The van der Waals surface area contributed by atoms with Gasteiger partial charge in [0.15, 0.2) is 0 Å². The quantitative estimate of drug-likeness (QED) is 0.764. The van der Waals surface area contributed by atoms with E-state index in [4.69, 9.17) is 0 Å². The van der Waals surface area contributed by atoms with Crippen molar-refractivity contribution in [1.82, 2.24) is 4.90 Å². The molecular formula is C16H25NOS. The van der Waals surface area contributed by atoms with E-state index in [1.807, 2.05) is 23.1 Å². The molecular weight excluding hydrogens is 254 g/mol. The van der Waals surface area contributed by atoms with Crippen molar-refractivity contribution in [1.29, 1.82) is 0 Å². The fraction of sp³-hybridized carbons (Fsp3) is 0.562. The second kappa shape index (κ2) is 6.00. The number of nitrogens with zero attached hydrogens (tertiary/aromatic N) is 1. The molecule has 1 amide bonds. The molecule has 0 heterocycles. The monoisotopic (exact) mass is 279 g/mol. The molecule has 0 unspecified atom stereocenters. The van der Waals surface area contributed by atoms with Gasteiger partial charge in [-0.2, -0.15) is 0 Å². The van der Waals surface area contributed by atoms with Crippen molar-refractivity contribution in [3.63, 3.8) is 0 Å². The molecule has 1 aromatic carbocycles. The van der Waals surface area contributed by atoms with E-state index in [0.29, 0.717) is 0 Å². The van der Waals surface area contributed by atoms with Crippen LogP contribution in [-0.4, -0.2) is 21.2 Å². The third-order valence-corrected chi connectivity index (χ3v) is 3.64. The first-order chi connectivity index (χ1) is 8.62. The standard InChI is InChI=1S/C16H25NOS/c1-15(2,3)17(16(4,5)6)14(18)19-12-13-10-8-7-9-11-13/h7-11H,12H2,1-6H3. The lowest BCUT2D eigenvalue weighted by molar-refractivity contribution is 0.0907. The largest absolute Gasteiger partial charge is 0.324 e. The van der Waals surface area contributed by atoms with Crippen LogP contribution in [0, 0.1) is 0 Å². The van der Waals surface area contributed by atoms with Crippen LogP contribution in [0.1, 0.15) is 47.1 Å². The van der Waals surface area contributed by atoms with Crippen LogP contribution in [0.25, 0.3) is 0 Å². The van der Waals surface area contributed by atoms with Gasteiger partial charge < -0.3 is 4.90 Å². The van der Waals surface area contributed by atoms with Gasteiger partial charge in [-0.15, -0.1) is 0 Å². The Morgan fingerprint density at radius 1 is 1.00 bits per heavy atom. The minimum atomic E-state index is -0.168. The summed E-state index contributed by atoms with van der Waals surface area (Å²) >= 11 is 1.38. The summed E-state index contributed by atoms with van der Waals surface area (Å²) in [5.74, 6) is 0.725. The molecule has 0 fully saturated rings. The van der Waals surface area contributed by atoms with Crippen LogP contribution in [0.5, 0.6) is 0 Å². The summed E-state index contributed by atoms with van der Waals surface area (Å²) < 4.78 is 0. The maximum Gasteiger partial charge on any atom is 0.282 e. The lowest BCUT2D eigenvalue weighted by atomic mass is 9.97. The lowest BCUT2D eigenvalue weighted by Crippen LogP contribution is -2.54. The third-order valence-electron chi connectivity index (χ3n) is 2.73. The zero-order valence-electron chi connectivity index (χ0n) is 12.9. The van der Waals surface area contributed by atoms with E-state index in [1.165, 1.54) is 17.3 Å². The average molecular weight is 279 g/mol. The molecule has 0 aliphatic heterocycles. The van der Waals surface area contributed by atoms with Gasteiger partial charge >= 0.3 is 0 Å². The highest BCUT2D eigenvalue weighted by molar-refractivity contribution is 8.12. The molecule has 0 N–H and O–H groups in total. The predicted molar refractivity (Wildman–Crippen MR) is 84.5 cm³/mol. The molecule has 106 valence electrons. The molecule has 3 heteroatoms. The van der Waals surface area contributed by atoms with Gasteiger partial charge in [0.1, 0.15) is 0 Å². The number of benzene rings is 1. The van der Waals surface area contributed by atoms with E-state index < -0.39 is 0 Å². The van der Waals surface area contributed by atoms with Crippen molar-refractivity contribution in [3.05, 3.63) is 35.9 Å². The van der Waals surface area contributed by atoms with E-state index in [-0.39, 0.29) is 16.3 Å². The molecule has 2 nitrogen and oxygen atoms in total. The van der Waals surface area contributed by atoms with E-state index in [1.54, 1.807) is 0 Å². The van der Waals surface area contributed by atoms with Crippen LogP contribution in [0.2, 0.25) is 0 Å². The van der Waals surface area contributed by atoms with Crippen molar-refractivity contribution in [2.45, 2.75) is 58.4 Å². The Kier molecular flexibility index (Phi) is 5.08. The highest BCUT2D eigenvalue weighted by Crippen LogP contribution is 2.30.